The van der Waals surface area contributed by atoms with Crippen LogP contribution in [-0.4, -0.2) is 17.4 Å². The molecule has 126 valence electrons. The van der Waals surface area contributed by atoms with Crippen LogP contribution >= 0.6 is 11.8 Å². The van der Waals surface area contributed by atoms with Crippen molar-refractivity contribution in [3.63, 3.8) is 0 Å². The molecular weight excluding hydrogens is 334 g/mol. The fourth-order valence-corrected chi connectivity index (χ4v) is 2.45. The Kier molecular flexibility index (Phi) is 6.49. The fraction of sp³-hybridized carbons (Fsp3) is 0.333. The Morgan fingerprint density at radius 1 is 1.09 bits per heavy atom. The molecule has 0 spiro atoms. The van der Waals surface area contributed by atoms with Gasteiger partial charge in [0.05, 0.1) is 24.0 Å². The zero-order chi connectivity index (χ0) is 16.8. The van der Waals surface area contributed by atoms with Gasteiger partial charge in [0.1, 0.15) is 23.2 Å². The molecule has 0 saturated carbocycles. The maximum Gasteiger partial charge on any atom is 0.284 e. The summed E-state index contributed by atoms with van der Waals surface area (Å²) < 4.78 is 56.4. The molecule has 0 bridgehead atoms. The van der Waals surface area contributed by atoms with Crippen molar-refractivity contribution in [2.45, 2.75) is 24.2 Å². The lowest BCUT2D eigenvalue weighted by Crippen LogP contribution is -2.22. The predicted octanol–water partition coefficient (Wildman–Crippen LogP) is 3.84. The molecule has 0 fully saturated rings. The minimum atomic E-state index is -2.47. The summed E-state index contributed by atoms with van der Waals surface area (Å²) in [5.41, 5.74) is -0.395. The molecule has 0 saturated heterocycles. The van der Waals surface area contributed by atoms with Crippen LogP contribution in [0.1, 0.15) is 23.2 Å². The number of hydrogen-bond donors (Lipinski definition) is 2. The van der Waals surface area contributed by atoms with Crippen molar-refractivity contribution < 1.29 is 27.1 Å². The zero-order valence-corrected chi connectivity index (χ0v) is 12.8. The van der Waals surface area contributed by atoms with E-state index in [4.69, 9.17) is 4.42 Å². The number of furan rings is 1. The van der Waals surface area contributed by atoms with Gasteiger partial charge in [0.15, 0.2) is 0 Å². The number of benzene rings is 1. The van der Waals surface area contributed by atoms with E-state index in [1.165, 1.54) is 6.07 Å². The number of aliphatic hydroxyl groups is 1. The first-order chi connectivity index (χ1) is 11.0. The molecule has 2 aromatic rings. The number of thioether (sulfide) groups is 1. The van der Waals surface area contributed by atoms with Crippen molar-refractivity contribution in [2.75, 3.05) is 6.54 Å². The Bertz CT molecular complexity index is 615. The Balaban J connectivity index is 1.83. The van der Waals surface area contributed by atoms with Gasteiger partial charge < -0.3 is 14.8 Å². The highest BCUT2D eigenvalue weighted by molar-refractivity contribution is 7.98. The molecule has 0 radical (unpaired) electrons. The molecule has 2 N–H and O–H groups in total. The summed E-state index contributed by atoms with van der Waals surface area (Å²) in [4.78, 5) is 0. The van der Waals surface area contributed by atoms with E-state index in [1.807, 2.05) is 0 Å². The first-order valence-electron chi connectivity index (χ1n) is 6.77. The zero-order valence-electron chi connectivity index (χ0n) is 11.9. The molecule has 1 aromatic heterocycles. The largest absolute Gasteiger partial charge is 0.464 e. The topological polar surface area (TPSA) is 45.4 Å². The first kappa shape index (κ1) is 17.8. The molecular formula is C15H15F4NO2S. The van der Waals surface area contributed by atoms with Crippen LogP contribution in [0.2, 0.25) is 0 Å². The molecule has 0 aliphatic carbocycles. The van der Waals surface area contributed by atoms with Crippen LogP contribution in [-0.2, 0) is 12.3 Å². The minimum Gasteiger partial charge on any atom is -0.464 e. The highest BCUT2D eigenvalue weighted by Crippen LogP contribution is 2.22. The van der Waals surface area contributed by atoms with Gasteiger partial charge in [-0.15, -0.1) is 0 Å². The van der Waals surface area contributed by atoms with Crippen LogP contribution in [0.15, 0.2) is 34.7 Å². The van der Waals surface area contributed by atoms with E-state index in [-0.39, 0.29) is 18.8 Å². The molecule has 0 aliphatic rings. The van der Waals surface area contributed by atoms with Crippen LogP contribution in [0, 0.1) is 11.6 Å². The fourth-order valence-electron chi connectivity index (χ4n) is 2.00. The molecule has 23 heavy (non-hydrogen) atoms. The number of alkyl halides is 2. The molecule has 1 atom stereocenters. The van der Waals surface area contributed by atoms with Gasteiger partial charge in [-0.2, -0.15) is 8.78 Å². The third-order valence-corrected chi connectivity index (χ3v) is 3.74. The lowest BCUT2D eigenvalue weighted by atomic mass is 10.1. The first-order valence-corrected chi connectivity index (χ1v) is 7.82. The highest BCUT2D eigenvalue weighted by atomic mass is 32.2. The summed E-state index contributed by atoms with van der Waals surface area (Å²) in [7, 11) is 0. The second-order valence-electron chi connectivity index (χ2n) is 4.72. The SMILES string of the molecule is OC(CNCc1ccc(CSC(F)F)o1)c1c(F)cccc1F. The van der Waals surface area contributed by atoms with Crippen molar-refractivity contribution in [1.29, 1.82) is 0 Å². The Hall–Kier alpha value is -1.51. The van der Waals surface area contributed by atoms with Crippen molar-refractivity contribution in [2.24, 2.45) is 0 Å². The average Bonchev–Trinajstić information content (AvgIpc) is 2.93. The number of nitrogens with one attached hydrogen (secondary N) is 1. The van der Waals surface area contributed by atoms with Gasteiger partial charge >= 0.3 is 0 Å². The van der Waals surface area contributed by atoms with E-state index >= 15 is 0 Å². The molecule has 0 amide bonds. The summed E-state index contributed by atoms with van der Waals surface area (Å²) >= 11 is 0.456. The highest BCUT2D eigenvalue weighted by Gasteiger charge is 2.17. The summed E-state index contributed by atoms with van der Waals surface area (Å²) in [5.74, 6) is -3.15. The summed E-state index contributed by atoms with van der Waals surface area (Å²) in [6.45, 7) is 0.117. The molecule has 8 heteroatoms. The standard InChI is InChI=1S/C15H15F4NO2S/c16-11-2-1-3-12(17)14(11)13(21)7-20-6-9-4-5-10(22-9)8-23-15(18)19/h1-5,13,15,20-21H,6-8H2. The van der Waals surface area contributed by atoms with Crippen LogP contribution in [0.25, 0.3) is 0 Å². The van der Waals surface area contributed by atoms with E-state index in [0.717, 1.165) is 12.1 Å². The average molecular weight is 349 g/mol. The Morgan fingerprint density at radius 2 is 1.74 bits per heavy atom. The maximum absolute atomic E-state index is 13.5. The second kappa shape index (κ2) is 8.37. The number of halogens is 4. The third-order valence-electron chi connectivity index (χ3n) is 3.04. The lowest BCUT2D eigenvalue weighted by Gasteiger charge is -2.13. The predicted molar refractivity (Wildman–Crippen MR) is 79.0 cm³/mol. The molecule has 1 unspecified atom stereocenters. The van der Waals surface area contributed by atoms with Gasteiger partial charge in [-0.1, -0.05) is 17.8 Å². The van der Waals surface area contributed by atoms with Gasteiger partial charge in [0, 0.05) is 6.54 Å². The van der Waals surface area contributed by atoms with Crippen molar-refractivity contribution in [3.8, 4) is 0 Å². The monoisotopic (exact) mass is 349 g/mol. The second-order valence-corrected chi connectivity index (χ2v) is 5.70. The summed E-state index contributed by atoms with van der Waals surface area (Å²) in [6, 6.07) is 6.56. The molecule has 1 aromatic carbocycles. The number of rotatable bonds is 8. The lowest BCUT2D eigenvalue weighted by molar-refractivity contribution is 0.163. The van der Waals surface area contributed by atoms with E-state index < -0.39 is 29.1 Å². The molecule has 3 nitrogen and oxygen atoms in total. The quantitative estimate of drug-likeness (QED) is 0.711. The van der Waals surface area contributed by atoms with E-state index in [9.17, 15) is 22.7 Å². The van der Waals surface area contributed by atoms with Gasteiger partial charge in [-0.3, -0.25) is 0 Å². The van der Waals surface area contributed by atoms with Gasteiger partial charge in [0.2, 0.25) is 0 Å². The minimum absolute atomic E-state index is 0.0563. The summed E-state index contributed by atoms with van der Waals surface area (Å²) in [5, 5.41) is 12.7. The van der Waals surface area contributed by atoms with Gasteiger partial charge in [0.25, 0.3) is 5.76 Å². The van der Waals surface area contributed by atoms with Crippen molar-refractivity contribution >= 4 is 11.8 Å². The van der Waals surface area contributed by atoms with Crippen LogP contribution < -0.4 is 5.32 Å². The third kappa shape index (κ3) is 5.26. The normalized spacial score (nSPS) is 12.8. The molecule has 2 rings (SSSR count). The maximum atomic E-state index is 13.5. The molecule has 0 aliphatic heterocycles. The molecule has 1 heterocycles. The van der Waals surface area contributed by atoms with Crippen LogP contribution in [0.5, 0.6) is 0 Å². The summed E-state index contributed by atoms with van der Waals surface area (Å²) in [6.07, 6.45) is -1.35. The smallest absolute Gasteiger partial charge is 0.284 e. The Morgan fingerprint density at radius 3 is 2.39 bits per heavy atom. The van der Waals surface area contributed by atoms with Crippen molar-refractivity contribution in [3.05, 3.63) is 59.1 Å². The van der Waals surface area contributed by atoms with Gasteiger partial charge in [-0.05, 0) is 24.3 Å². The number of aliphatic hydroxyl groups excluding tert-OH is 1. The van der Waals surface area contributed by atoms with E-state index in [0.29, 0.717) is 23.3 Å². The van der Waals surface area contributed by atoms with Crippen LogP contribution in [0.4, 0.5) is 17.6 Å². The van der Waals surface area contributed by atoms with E-state index in [1.54, 1.807) is 12.1 Å². The Labute approximate surface area is 134 Å². The van der Waals surface area contributed by atoms with E-state index in [2.05, 4.69) is 5.32 Å². The number of hydrogen-bond acceptors (Lipinski definition) is 4. The van der Waals surface area contributed by atoms with Crippen molar-refractivity contribution in [1.82, 2.24) is 5.32 Å². The van der Waals surface area contributed by atoms with Gasteiger partial charge in [-0.25, -0.2) is 8.78 Å². The van der Waals surface area contributed by atoms with Crippen LogP contribution in [0.3, 0.4) is 0 Å².